The number of ether oxygens (including phenoxy) is 6. The first kappa shape index (κ1) is 31.5. The number of rotatable bonds is 13. The van der Waals surface area contributed by atoms with Gasteiger partial charge in [0.1, 0.15) is 13.2 Å². The second kappa shape index (κ2) is 15.6. The van der Waals surface area contributed by atoms with Crippen LogP contribution in [0.4, 0.5) is 0 Å². The van der Waals surface area contributed by atoms with E-state index in [1.54, 1.807) is 36.4 Å². The number of benzene rings is 2. The smallest absolute Gasteiger partial charge is 0.338 e. The first-order valence-corrected chi connectivity index (χ1v) is 12.1. The Morgan fingerprint density at radius 1 is 0.500 bits per heavy atom. The molecule has 214 valence electrons. The maximum atomic E-state index is 12.5. The summed E-state index contributed by atoms with van der Waals surface area (Å²) in [4.78, 5) is 73.2. The van der Waals surface area contributed by atoms with Crippen LogP contribution in [-0.2, 0) is 47.6 Å². The van der Waals surface area contributed by atoms with Gasteiger partial charge < -0.3 is 28.4 Å². The minimum atomic E-state index is -1.66. The lowest BCUT2D eigenvalue weighted by Gasteiger charge is -2.35. The molecule has 0 spiro atoms. The second-order valence-corrected chi connectivity index (χ2v) is 8.37. The van der Waals surface area contributed by atoms with Gasteiger partial charge in [-0.2, -0.15) is 0 Å². The van der Waals surface area contributed by atoms with Crippen molar-refractivity contribution in [1.82, 2.24) is 0 Å². The van der Waals surface area contributed by atoms with E-state index in [1.165, 1.54) is 24.3 Å². The maximum absolute atomic E-state index is 12.5. The van der Waals surface area contributed by atoms with E-state index in [-0.39, 0.29) is 11.1 Å². The molecule has 0 aliphatic heterocycles. The van der Waals surface area contributed by atoms with Crippen LogP contribution < -0.4 is 0 Å². The zero-order valence-corrected chi connectivity index (χ0v) is 22.4. The molecule has 2 aromatic carbocycles. The average Bonchev–Trinajstić information content (AvgIpc) is 2.91. The molecule has 0 aliphatic carbocycles. The highest BCUT2D eigenvalue weighted by molar-refractivity contribution is 5.89. The van der Waals surface area contributed by atoms with E-state index >= 15 is 0 Å². The van der Waals surface area contributed by atoms with E-state index in [2.05, 4.69) is 0 Å². The van der Waals surface area contributed by atoms with Crippen molar-refractivity contribution in [3.05, 3.63) is 71.8 Å². The average molecular weight is 559 g/mol. The van der Waals surface area contributed by atoms with Gasteiger partial charge in [0.15, 0.2) is 24.4 Å². The SMILES string of the molecule is CC(=O)OC(COC(=O)c1ccccc1)C(OC(C)=O)C(OC(C)=O)C(COC(=O)c1ccccc1)OC(C)=O. The van der Waals surface area contributed by atoms with E-state index in [0.29, 0.717) is 0 Å². The summed E-state index contributed by atoms with van der Waals surface area (Å²) in [5, 5.41) is 0. The van der Waals surface area contributed by atoms with Gasteiger partial charge >= 0.3 is 35.8 Å². The third-order valence-corrected chi connectivity index (χ3v) is 5.07. The Balaban J connectivity index is 2.41. The van der Waals surface area contributed by atoms with Gasteiger partial charge in [-0.3, -0.25) is 19.2 Å². The summed E-state index contributed by atoms with van der Waals surface area (Å²) in [6, 6.07) is 15.8. The van der Waals surface area contributed by atoms with Crippen molar-refractivity contribution in [2.45, 2.75) is 52.1 Å². The van der Waals surface area contributed by atoms with Gasteiger partial charge in [-0.25, -0.2) is 9.59 Å². The van der Waals surface area contributed by atoms with Crippen LogP contribution >= 0.6 is 0 Å². The van der Waals surface area contributed by atoms with Crippen LogP contribution in [0.25, 0.3) is 0 Å². The lowest BCUT2D eigenvalue weighted by atomic mass is 10.0. The molecule has 0 aliphatic rings. The number of carbonyl (C=O) groups is 6. The quantitative estimate of drug-likeness (QED) is 0.262. The molecule has 0 radical (unpaired) electrons. The molecule has 0 heterocycles. The second-order valence-electron chi connectivity index (χ2n) is 8.37. The molecular weight excluding hydrogens is 528 g/mol. The Morgan fingerprint density at radius 3 is 1.07 bits per heavy atom. The summed E-state index contributed by atoms with van der Waals surface area (Å²) >= 11 is 0. The third-order valence-electron chi connectivity index (χ3n) is 5.07. The lowest BCUT2D eigenvalue weighted by Crippen LogP contribution is -2.54. The molecule has 12 nitrogen and oxygen atoms in total. The van der Waals surface area contributed by atoms with E-state index in [0.717, 1.165) is 27.7 Å². The molecule has 0 bridgehead atoms. The fourth-order valence-corrected chi connectivity index (χ4v) is 3.54. The van der Waals surface area contributed by atoms with Gasteiger partial charge in [-0.15, -0.1) is 0 Å². The monoisotopic (exact) mass is 558 g/mol. The molecule has 0 saturated carbocycles. The molecule has 0 amide bonds. The summed E-state index contributed by atoms with van der Waals surface area (Å²) in [7, 11) is 0. The Morgan fingerprint density at radius 2 is 0.800 bits per heavy atom. The highest BCUT2D eigenvalue weighted by Crippen LogP contribution is 2.21. The molecular formula is C28H30O12. The summed E-state index contributed by atoms with van der Waals surface area (Å²) in [6.07, 6.45) is -6.37. The molecule has 0 N–H and O–H groups in total. The van der Waals surface area contributed by atoms with E-state index in [4.69, 9.17) is 28.4 Å². The van der Waals surface area contributed by atoms with Gasteiger partial charge in [0, 0.05) is 27.7 Å². The van der Waals surface area contributed by atoms with E-state index in [1.807, 2.05) is 0 Å². The van der Waals surface area contributed by atoms with Crippen LogP contribution in [0.2, 0.25) is 0 Å². The maximum Gasteiger partial charge on any atom is 0.338 e. The molecule has 2 rings (SSSR count). The van der Waals surface area contributed by atoms with Crippen molar-refractivity contribution < 1.29 is 57.2 Å². The van der Waals surface area contributed by atoms with Gasteiger partial charge in [0.05, 0.1) is 11.1 Å². The number of carbonyl (C=O) groups excluding carboxylic acids is 6. The Bertz CT molecular complexity index is 1080. The fraction of sp³-hybridized carbons (Fsp3) is 0.357. The molecule has 0 fully saturated rings. The molecule has 12 heteroatoms. The summed E-state index contributed by atoms with van der Waals surface area (Å²) in [6.45, 7) is 2.91. The molecule has 0 saturated heterocycles. The van der Waals surface area contributed by atoms with Crippen molar-refractivity contribution in [3.8, 4) is 0 Å². The van der Waals surface area contributed by atoms with Gasteiger partial charge in [0.2, 0.25) is 0 Å². The first-order valence-electron chi connectivity index (χ1n) is 12.1. The number of esters is 6. The summed E-state index contributed by atoms with van der Waals surface area (Å²) in [5.74, 6) is -5.04. The summed E-state index contributed by atoms with van der Waals surface area (Å²) < 4.78 is 31.8. The van der Waals surface area contributed by atoms with Crippen LogP contribution in [0.5, 0.6) is 0 Å². The predicted molar refractivity (Wildman–Crippen MR) is 136 cm³/mol. The zero-order valence-electron chi connectivity index (χ0n) is 22.4. The van der Waals surface area contributed by atoms with Crippen LogP contribution in [-0.4, -0.2) is 73.4 Å². The van der Waals surface area contributed by atoms with Crippen molar-refractivity contribution in [2.24, 2.45) is 0 Å². The van der Waals surface area contributed by atoms with Gasteiger partial charge in [0.25, 0.3) is 0 Å². The van der Waals surface area contributed by atoms with E-state index in [9.17, 15) is 28.8 Å². The van der Waals surface area contributed by atoms with E-state index < -0.39 is 73.4 Å². The molecule has 4 atom stereocenters. The van der Waals surface area contributed by atoms with Crippen LogP contribution in [0.3, 0.4) is 0 Å². The highest BCUT2D eigenvalue weighted by Gasteiger charge is 2.44. The van der Waals surface area contributed by atoms with Crippen molar-refractivity contribution >= 4 is 35.8 Å². The molecule has 4 unspecified atom stereocenters. The molecule has 0 aromatic heterocycles. The van der Waals surface area contributed by atoms with Gasteiger partial charge in [-0.1, -0.05) is 36.4 Å². The van der Waals surface area contributed by atoms with Crippen LogP contribution in [0.15, 0.2) is 60.7 Å². The Labute approximate surface area is 230 Å². The first-order chi connectivity index (χ1) is 19.0. The molecule has 40 heavy (non-hydrogen) atoms. The highest BCUT2D eigenvalue weighted by atomic mass is 16.6. The fourth-order valence-electron chi connectivity index (χ4n) is 3.54. The summed E-state index contributed by atoms with van der Waals surface area (Å²) in [5.41, 5.74) is 0.380. The number of hydrogen-bond donors (Lipinski definition) is 0. The number of hydrogen-bond acceptors (Lipinski definition) is 12. The predicted octanol–water partition coefficient (Wildman–Crippen LogP) is 2.43. The van der Waals surface area contributed by atoms with Crippen LogP contribution in [0.1, 0.15) is 48.4 Å². The normalized spacial score (nSPS) is 13.4. The van der Waals surface area contributed by atoms with Crippen molar-refractivity contribution in [3.63, 3.8) is 0 Å². The van der Waals surface area contributed by atoms with Crippen molar-refractivity contribution in [2.75, 3.05) is 13.2 Å². The lowest BCUT2D eigenvalue weighted by molar-refractivity contribution is -0.203. The largest absolute Gasteiger partial charge is 0.458 e. The van der Waals surface area contributed by atoms with Crippen LogP contribution in [0, 0.1) is 0 Å². The minimum Gasteiger partial charge on any atom is -0.458 e. The van der Waals surface area contributed by atoms with Gasteiger partial charge in [-0.05, 0) is 24.3 Å². The Kier molecular flexibility index (Phi) is 12.3. The van der Waals surface area contributed by atoms with Crippen molar-refractivity contribution in [1.29, 1.82) is 0 Å². The zero-order chi connectivity index (χ0) is 29.7. The standard InChI is InChI=1S/C28H30O12/c1-17(29)37-23(15-35-27(33)21-11-7-5-8-12-21)25(39-19(3)31)26(40-20(4)32)24(38-18(2)30)16-36-28(34)22-13-9-6-10-14-22/h5-14,23-26H,15-16H2,1-4H3. The Hall–Kier alpha value is -4.74. The minimum absolute atomic E-state index is 0.190. The third kappa shape index (κ3) is 10.6. The topological polar surface area (TPSA) is 158 Å². The molecule has 2 aromatic rings.